The van der Waals surface area contributed by atoms with Gasteiger partial charge in [0.2, 0.25) is 0 Å². The Morgan fingerprint density at radius 3 is 2.36 bits per heavy atom. The van der Waals surface area contributed by atoms with Crippen molar-refractivity contribution in [2.24, 2.45) is 0 Å². The second-order valence-corrected chi connectivity index (χ2v) is 3.04. The minimum absolute atomic E-state index is 0.208. The summed E-state index contributed by atoms with van der Waals surface area (Å²) in [6.45, 7) is 3.36. The van der Waals surface area contributed by atoms with Crippen LogP contribution in [0.2, 0.25) is 0 Å². The second kappa shape index (κ2) is 3.90. The quantitative estimate of drug-likeness (QED) is 0.712. The lowest BCUT2D eigenvalue weighted by Crippen LogP contribution is -2.05. The summed E-state index contributed by atoms with van der Waals surface area (Å²) in [6.07, 6.45) is -3.72. The van der Waals surface area contributed by atoms with Crippen molar-refractivity contribution in [2.75, 3.05) is 0 Å². The third-order valence-corrected chi connectivity index (χ3v) is 1.48. The van der Waals surface area contributed by atoms with Crippen molar-refractivity contribution in [3.05, 3.63) is 35.9 Å². The molecule has 14 heavy (non-hydrogen) atoms. The summed E-state index contributed by atoms with van der Waals surface area (Å²) in [7, 11) is 0. The summed E-state index contributed by atoms with van der Waals surface area (Å²) < 4.78 is 41.8. The summed E-state index contributed by atoms with van der Waals surface area (Å²) in [4.78, 5) is 0. The maximum absolute atomic E-state index is 12.2. The Hall–Kier alpha value is -1.19. The number of ether oxygens (including phenoxy) is 1. The van der Waals surface area contributed by atoms with E-state index in [4.69, 9.17) is 4.74 Å². The van der Waals surface area contributed by atoms with Gasteiger partial charge in [0.1, 0.15) is 11.9 Å². The van der Waals surface area contributed by atoms with Crippen molar-refractivity contribution in [3.8, 4) is 5.75 Å². The van der Waals surface area contributed by atoms with E-state index in [1.165, 1.54) is 12.1 Å². The molecule has 0 aromatic heterocycles. The molecule has 1 radical (unpaired) electrons. The Kier molecular flexibility index (Phi) is 3.03. The van der Waals surface area contributed by atoms with Gasteiger partial charge in [-0.2, -0.15) is 13.2 Å². The molecule has 0 bridgehead atoms. The minimum Gasteiger partial charge on any atom is -0.484 e. The molecule has 0 aliphatic heterocycles. The zero-order valence-electron chi connectivity index (χ0n) is 7.85. The largest absolute Gasteiger partial charge is 0.484 e. The number of benzene rings is 1. The molecule has 0 aliphatic rings. The fourth-order valence-electron chi connectivity index (χ4n) is 0.972. The van der Waals surface area contributed by atoms with Gasteiger partial charge in [-0.15, -0.1) is 0 Å². The molecule has 1 aromatic carbocycles. The van der Waals surface area contributed by atoms with E-state index in [0.29, 0.717) is 6.10 Å². The number of halogens is 3. The van der Waals surface area contributed by atoms with Gasteiger partial charge in [-0.25, -0.2) is 0 Å². The standard InChI is InChI=1S/C10H10F3O/c1-7(2)14-9-5-3-4-8(6-9)10(11,12)13/h3-6H,1-2H3. The average Bonchev–Trinajstić information content (AvgIpc) is 2.01. The average molecular weight is 203 g/mol. The zero-order valence-corrected chi connectivity index (χ0v) is 7.85. The first-order chi connectivity index (χ1) is 6.39. The molecule has 0 amide bonds. The lowest BCUT2D eigenvalue weighted by atomic mass is 10.2. The van der Waals surface area contributed by atoms with Crippen LogP contribution in [0.4, 0.5) is 13.2 Å². The first-order valence-corrected chi connectivity index (χ1v) is 4.05. The normalized spacial score (nSPS) is 11.9. The summed E-state index contributed by atoms with van der Waals surface area (Å²) in [5, 5.41) is 0. The fourth-order valence-corrected chi connectivity index (χ4v) is 0.972. The van der Waals surface area contributed by atoms with Gasteiger partial charge in [0, 0.05) is 0 Å². The highest BCUT2D eigenvalue weighted by Crippen LogP contribution is 2.31. The van der Waals surface area contributed by atoms with E-state index in [9.17, 15) is 13.2 Å². The van der Waals surface area contributed by atoms with E-state index in [1.54, 1.807) is 13.8 Å². The topological polar surface area (TPSA) is 9.23 Å². The molecule has 0 saturated heterocycles. The van der Waals surface area contributed by atoms with Crippen molar-refractivity contribution < 1.29 is 17.9 Å². The molecule has 1 aromatic rings. The number of hydrogen-bond donors (Lipinski definition) is 0. The monoisotopic (exact) mass is 203 g/mol. The van der Waals surface area contributed by atoms with Gasteiger partial charge in [-0.1, -0.05) is 6.07 Å². The van der Waals surface area contributed by atoms with E-state index >= 15 is 0 Å². The molecule has 0 aliphatic carbocycles. The van der Waals surface area contributed by atoms with Gasteiger partial charge in [-0.05, 0) is 32.0 Å². The Balaban J connectivity index is 2.90. The fraction of sp³-hybridized carbons (Fsp3) is 0.300. The maximum Gasteiger partial charge on any atom is 0.416 e. The molecule has 0 heterocycles. The van der Waals surface area contributed by atoms with Gasteiger partial charge in [0.15, 0.2) is 0 Å². The van der Waals surface area contributed by atoms with Gasteiger partial charge in [-0.3, -0.25) is 0 Å². The Morgan fingerprint density at radius 1 is 1.21 bits per heavy atom. The molecule has 0 spiro atoms. The van der Waals surface area contributed by atoms with Crippen LogP contribution in [0.15, 0.2) is 24.3 Å². The van der Waals surface area contributed by atoms with Crippen LogP contribution in [0.1, 0.15) is 19.4 Å². The molecule has 77 valence electrons. The van der Waals surface area contributed by atoms with Crippen LogP contribution in [0.3, 0.4) is 0 Å². The molecular formula is C10H10F3O. The second-order valence-electron chi connectivity index (χ2n) is 3.04. The highest BCUT2D eigenvalue weighted by molar-refractivity contribution is 5.30. The third kappa shape index (κ3) is 2.94. The molecule has 0 fully saturated rings. The van der Waals surface area contributed by atoms with Crippen LogP contribution in [0, 0.1) is 6.10 Å². The van der Waals surface area contributed by atoms with Crippen LogP contribution in [0.5, 0.6) is 5.75 Å². The Bertz CT molecular complexity index is 304. The molecule has 0 saturated carbocycles. The first-order valence-electron chi connectivity index (χ1n) is 4.05. The summed E-state index contributed by atoms with van der Waals surface area (Å²) >= 11 is 0. The SMILES string of the molecule is C[C](C)Oc1cccc(C(F)(F)F)c1. The van der Waals surface area contributed by atoms with Crippen LogP contribution >= 0.6 is 0 Å². The van der Waals surface area contributed by atoms with Crippen LogP contribution in [0.25, 0.3) is 0 Å². The van der Waals surface area contributed by atoms with Crippen molar-refractivity contribution in [1.82, 2.24) is 0 Å². The van der Waals surface area contributed by atoms with E-state index in [-0.39, 0.29) is 5.75 Å². The van der Waals surface area contributed by atoms with Crippen molar-refractivity contribution >= 4 is 0 Å². The molecule has 0 atom stereocenters. The summed E-state index contributed by atoms with van der Waals surface area (Å²) in [5.74, 6) is 0.208. The van der Waals surface area contributed by atoms with E-state index in [2.05, 4.69) is 0 Å². The number of hydrogen-bond acceptors (Lipinski definition) is 1. The molecule has 1 rings (SSSR count). The maximum atomic E-state index is 12.2. The van der Waals surface area contributed by atoms with Gasteiger partial charge < -0.3 is 4.74 Å². The molecule has 4 heteroatoms. The van der Waals surface area contributed by atoms with Crippen molar-refractivity contribution in [3.63, 3.8) is 0 Å². The predicted octanol–water partition coefficient (Wildman–Crippen LogP) is 3.66. The smallest absolute Gasteiger partial charge is 0.416 e. The van der Waals surface area contributed by atoms with Crippen molar-refractivity contribution in [1.29, 1.82) is 0 Å². The zero-order chi connectivity index (χ0) is 10.8. The van der Waals surface area contributed by atoms with Crippen LogP contribution < -0.4 is 4.74 Å². The van der Waals surface area contributed by atoms with Gasteiger partial charge >= 0.3 is 6.18 Å². The highest BCUT2D eigenvalue weighted by atomic mass is 19.4. The molecule has 0 N–H and O–H groups in total. The van der Waals surface area contributed by atoms with E-state index in [1.807, 2.05) is 0 Å². The summed E-state index contributed by atoms with van der Waals surface area (Å²) in [5.41, 5.74) is -0.698. The number of alkyl halides is 3. The molecule has 0 unspecified atom stereocenters. The number of rotatable bonds is 2. The molecular weight excluding hydrogens is 193 g/mol. The summed E-state index contributed by atoms with van der Waals surface area (Å²) in [6, 6.07) is 4.80. The first kappa shape index (κ1) is 10.9. The van der Waals surface area contributed by atoms with E-state index < -0.39 is 11.7 Å². The van der Waals surface area contributed by atoms with E-state index in [0.717, 1.165) is 12.1 Å². The van der Waals surface area contributed by atoms with Crippen LogP contribution in [-0.2, 0) is 6.18 Å². The van der Waals surface area contributed by atoms with Gasteiger partial charge in [0.25, 0.3) is 0 Å². The van der Waals surface area contributed by atoms with Crippen molar-refractivity contribution in [2.45, 2.75) is 20.0 Å². The lowest BCUT2D eigenvalue weighted by molar-refractivity contribution is -0.137. The lowest BCUT2D eigenvalue weighted by Gasteiger charge is -2.11. The van der Waals surface area contributed by atoms with Gasteiger partial charge in [0.05, 0.1) is 5.56 Å². The Labute approximate surface area is 80.5 Å². The van der Waals surface area contributed by atoms with Crippen LogP contribution in [-0.4, -0.2) is 0 Å². The third-order valence-electron chi connectivity index (χ3n) is 1.48. The highest BCUT2D eigenvalue weighted by Gasteiger charge is 2.30. The predicted molar refractivity (Wildman–Crippen MR) is 46.7 cm³/mol. The minimum atomic E-state index is -4.32. The molecule has 1 nitrogen and oxygen atoms in total. The Morgan fingerprint density at radius 2 is 1.86 bits per heavy atom.